The normalized spacial score (nSPS) is 29.8. The lowest BCUT2D eigenvalue weighted by atomic mass is 9.67. The Morgan fingerprint density at radius 3 is 2.44 bits per heavy atom. The van der Waals surface area contributed by atoms with Crippen LogP contribution < -0.4 is 5.73 Å². The van der Waals surface area contributed by atoms with E-state index < -0.39 is 0 Å². The Hall–Kier alpha value is -0.120. The molecule has 0 aliphatic heterocycles. The number of aliphatic hydroxyl groups excluding tert-OH is 1. The molecule has 1 aliphatic rings. The predicted molar refractivity (Wildman–Crippen MR) is 77.5 cm³/mol. The fourth-order valence-electron chi connectivity index (χ4n) is 3.14. The molecule has 0 spiro atoms. The molecule has 3 N–H and O–H groups in total. The Bertz CT molecular complexity index is 237. The van der Waals surface area contributed by atoms with Gasteiger partial charge in [0.2, 0.25) is 0 Å². The van der Waals surface area contributed by atoms with Crippen LogP contribution in [0.2, 0.25) is 0 Å². The second-order valence-corrected chi connectivity index (χ2v) is 6.92. The first kappa shape index (κ1) is 15.9. The third kappa shape index (κ3) is 4.52. The van der Waals surface area contributed by atoms with Crippen LogP contribution in [0.15, 0.2) is 0 Å². The lowest BCUT2D eigenvalue weighted by molar-refractivity contribution is 0.0937. The molecule has 3 nitrogen and oxygen atoms in total. The highest BCUT2D eigenvalue weighted by Crippen LogP contribution is 2.40. The molecule has 18 heavy (non-hydrogen) atoms. The smallest absolute Gasteiger partial charge is 0.0558 e. The van der Waals surface area contributed by atoms with Gasteiger partial charge in [0.25, 0.3) is 0 Å². The summed E-state index contributed by atoms with van der Waals surface area (Å²) in [6, 6.07) is 0.344. The fourth-order valence-corrected chi connectivity index (χ4v) is 3.14. The summed E-state index contributed by atoms with van der Waals surface area (Å²) in [5.74, 6) is 1.38. The standard InChI is InChI=1S/C15H32N2O/c1-5-17(8-9-18)11-12-10-13(15(2,3)4)6-7-14(12)16/h12-14,18H,5-11,16H2,1-4H3. The Balaban J connectivity index is 2.56. The first-order valence-corrected chi connectivity index (χ1v) is 7.47. The zero-order valence-electron chi connectivity index (χ0n) is 12.7. The van der Waals surface area contributed by atoms with Crippen LogP contribution in [0.5, 0.6) is 0 Å². The van der Waals surface area contributed by atoms with Crippen molar-refractivity contribution >= 4 is 0 Å². The number of rotatable bonds is 5. The van der Waals surface area contributed by atoms with Crippen molar-refractivity contribution in [3.05, 3.63) is 0 Å². The minimum atomic E-state index is 0.249. The number of nitrogens with two attached hydrogens (primary N) is 1. The summed E-state index contributed by atoms with van der Waals surface area (Å²) in [4.78, 5) is 2.33. The van der Waals surface area contributed by atoms with Crippen LogP contribution in [0.3, 0.4) is 0 Å². The van der Waals surface area contributed by atoms with Gasteiger partial charge in [0.05, 0.1) is 6.61 Å². The van der Waals surface area contributed by atoms with Crippen LogP contribution in [0.25, 0.3) is 0 Å². The summed E-state index contributed by atoms with van der Waals surface area (Å²) < 4.78 is 0. The second-order valence-electron chi connectivity index (χ2n) is 6.92. The quantitative estimate of drug-likeness (QED) is 0.792. The Kier molecular flexibility index (Phi) is 6.09. The van der Waals surface area contributed by atoms with Crippen molar-refractivity contribution in [1.29, 1.82) is 0 Å². The van der Waals surface area contributed by atoms with E-state index >= 15 is 0 Å². The van der Waals surface area contributed by atoms with Crippen molar-refractivity contribution in [3.8, 4) is 0 Å². The van der Waals surface area contributed by atoms with Crippen LogP contribution in [0.4, 0.5) is 0 Å². The van der Waals surface area contributed by atoms with Gasteiger partial charge in [-0.3, -0.25) is 0 Å². The topological polar surface area (TPSA) is 49.5 Å². The SMILES string of the molecule is CCN(CCO)CC1CC(C(C)(C)C)CCC1N. The molecule has 0 amide bonds. The van der Waals surface area contributed by atoms with Crippen molar-refractivity contribution in [3.63, 3.8) is 0 Å². The van der Waals surface area contributed by atoms with Crippen molar-refractivity contribution in [1.82, 2.24) is 4.90 Å². The van der Waals surface area contributed by atoms with Gasteiger partial charge in [-0.1, -0.05) is 27.7 Å². The monoisotopic (exact) mass is 256 g/mol. The molecule has 0 radical (unpaired) electrons. The zero-order chi connectivity index (χ0) is 13.8. The predicted octanol–water partition coefficient (Wildman–Crippen LogP) is 2.09. The molecular formula is C15H32N2O. The highest BCUT2D eigenvalue weighted by atomic mass is 16.3. The molecule has 1 aliphatic carbocycles. The maximum Gasteiger partial charge on any atom is 0.0558 e. The first-order valence-electron chi connectivity index (χ1n) is 7.47. The molecule has 1 fully saturated rings. The summed E-state index contributed by atoms with van der Waals surface area (Å²) in [5.41, 5.74) is 6.69. The van der Waals surface area contributed by atoms with E-state index in [1.54, 1.807) is 0 Å². The van der Waals surface area contributed by atoms with E-state index in [2.05, 4.69) is 32.6 Å². The molecule has 0 saturated heterocycles. The van der Waals surface area contributed by atoms with Gasteiger partial charge < -0.3 is 15.7 Å². The summed E-state index contributed by atoms with van der Waals surface area (Å²) in [5, 5.41) is 9.07. The number of likely N-dealkylation sites (N-methyl/N-ethyl adjacent to an activating group) is 1. The summed E-state index contributed by atoms with van der Waals surface area (Å²) >= 11 is 0. The maximum absolute atomic E-state index is 9.07. The van der Waals surface area contributed by atoms with Gasteiger partial charge in [-0.25, -0.2) is 0 Å². The van der Waals surface area contributed by atoms with Crippen molar-refractivity contribution < 1.29 is 5.11 Å². The molecule has 3 heteroatoms. The molecule has 3 atom stereocenters. The number of nitrogens with zero attached hydrogens (tertiary/aromatic N) is 1. The highest BCUT2D eigenvalue weighted by molar-refractivity contribution is 4.88. The van der Waals surface area contributed by atoms with Gasteiger partial charge >= 0.3 is 0 Å². The van der Waals surface area contributed by atoms with E-state index in [1.165, 1.54) is 12.8 Å². The third-order valence-corrected chi connectivity index (χ3v) is 4.62. The van der Waals surface area contributed by atoms with E-state index in [0.717, 1.165) is 32.0 Å². The largest absolute Gasteiger partial charge is 0.395 e. The van der Waals surface area contributed by atoms with Gasteiger partial charge in [-0.2, -0.15) is 0 Å². The molecule has 108 valence electrons. The number of aliphatic hydroxyl groups is 1. The molecular weight excluding hydrogens is 224 g/mol. The summed E-state index contributed by atoms with van der Waals surface area (Å²) in [6.45, 7) is 12.3. The van der Waals surface area contributed by atoms with Crippen molar-refractivity contribution in [2.45, 2.75) is 53.0 Å². The molecule has 0 heterocycles. The van der Waals surface area contributed by atoms with Gasteiger partial charge in [-0.05, 0) is 43.1 Å². The second kappa shape index (κ2) is 6.88. The molecule has 3 unspecified atom stereocenters. The summed E-state index contributed by atoms with van der Waals surface area (Å²) in [7, 11) is 0. The highest BCUT2D eigenvalue weighted by Gasteiger charge is 2.34. The molecule has 0 bridgehead atoms. The van der Waals surface area contributed by atoms with Gasteiger partial charge in [-0.15, -0.1) is 0 Å². The van der Waals surface area contributed by atoms with Crippen LogP contribution in [0.1, 0.15) is 47.0 Å². The van der Waals surface area contributed by atoms with E-state index in [-0.39, 0.29) is 6.61 Å². The molecule has 0 aromatic carbocycles. The minimum Gasteiger partial charge on any atom is -0.395 e. The van der Waals surface area contributed by atoms with Gasteiger partial charge in [0, 0.05) is 19.1 Å². The first-order chi connectivity index (χ1) is 8.38. The number of hydrogen-bond donors (Lipinski definition) is 2. The molecule has 0 aromatic heterocycles. The molecule has 1 saturated carbocycles. The van der Waals surface area contributed by atoms with E-state index in [9.17, 15) is 0 Å². The average molecular weight is 256 g/mol. The Morgan fingerprint density at radius 2 is 1.94 bits per heavy atom. The minimum absolute atomic E-state index is 0.249. The third-order valence-electron chi connectivity index (χ3n) is 4.62. The van der Waals surface area contributed by atoms with E-state index in [4.69, 9.17) is 10.8 Å². The summed E-state index contributed by atoms with van der Waals surface area (Å²) in [6.07, 6.45) is 3.67. The molecule has 0 aromatic rings. The zero-order valence-corrected chi connectivity index (χ0v) is 12.7. The van der Waals surface area contributed by atoms with Crippen LogP contribution in [-0.2, 0) is 0 Å². The van der Waals surface area contributed by atoms with Gasteiger partial charge in [0.1, 0.15) is 0 Å². The van der Waals surface area contributed by atoms with E-state index in [1.807, 2.05) is 0 Å². The van der Waals surface area contributed by atoms with Crippen molar-refractivity contribution in [2.75, 3.05) is 26.2 Å². The lowest BCUT2D eigenvalue weighted by Crippen LogP contribution is -2.45. The van der Waals surface area contributed by atoms with Crippen LogP contribution in [0, 0.1) is 17.3 Å². The van der Waals surface area contributed by atoms with Gasteiger partial charge in [0.15, 0.2) is 0 Å². The maximum atomic E-state index is 9.07. The Morgan fingerprint density at radius 1 is 1.28 bits per heavy atom. The van der Waals surface area contributed by atoms with Crippen LogP contribution >= 0.6 is 0 Å². The lowest BCUT2D eigenvalue weighted by Gasteiger charge is -2.42. The average Bonchev–Trinajstić information content (AvgIpc) is 2.29. The number of hydrogen-bond acceptors (Lipinski definition) is 3. The fraction of sp³-hybridized carbons (Fsp3) is 1.00. The Labute approximate surface area is 113 Å². The van der Waals surface area contributed by atoms with E-state index in [0.29, 0.717) is 17.4 Å². The molecule has 1 rings (SSSR count). The van der Waals surface area contributed by atoms with Crippen molar-refractivity contribution in [2.24, 2.45) is 23.0 Å². The van der Waals surface area contributed by atoms with Crippen LogP contribution in [-0.4, -0.2) is 42.3 Å².